The molecule has 4 aliphatic rings. The van der Waals surface area contributed by atoms with Gasteiger partial charge in [0.25, 0.3) is 0 Å². The summed E-state index contributed by atoms with van der Waals surface area (Å²) in [6.45, 7) is 12.0. The highest BCUT2D eigenvalue weighted by molar-refractivity contribution is 7.11. The molecule has 3 unspecified atom stereocenters. The molecule has 5 N–H and O–H groups in total. The lowest BCUT2D eigenvalue weighted by atomic mass is 9.85. The largest absolute Gasteiger partial charge is 0.464 e. The molecule has 2 aromatic carbocycles. The lowest BCUT2D eigenvalue weighted by Gasteiger charge is -2.38. The number of hydrogen-bond acceptors (Lipinski definition) is 13. The van der Waals surface area contributed by atoms with Crippen molar-refractivity contribution >= 4 is 46.2 Å². The van der Waals surface area contributed by atoms with Crippen LogP contribution >= 0.6 is 11.3 Å². The van der Waals surface area contributed by atoms with Gasteiger partial charge in [0.15, 0.2) is 0 Å². The highest BCUT2D eigenvalue weighted by atomic mass is 32.1. The molecule has 0 aliphatic carbocycles. The fraction of sp³-hybridized carbons (Fsp3) is 0.491. The van der Waals surface area contributed by atoms with E-state index < -0.39 is 48.0 Å². The smallest absolute Gasteiger partial charge is 0.407 e. The Morgan fingerprint density at radius 1 is 0.838 bits per heavy atom. The van der Waals surface area contributed by atoms with E-state index in [2.05, 4.69) is 30.6 Å². The number of aliphatic hydroxyl groups is 1. The minimum atomic E-state index is -1.22. The molecule has 10 rings (SSSR count). The van der Waals surface area contributed by atoms with E-state index in [-0.39, 0.29) is 47.5 Å². The van der Waals surface area contributed by atoms with Gasteiger partial charge in [-0.25, -0.2) is 28.9 Å². The van der Waals surface area contributed by atoms with Crippen LogP contribution in [-0.4, -0.2) is 120 Å². The SMILES string of the molecule is COC(=O)NC(C(=O)N1CCC[C@H]1c1ncc(-c2ccc3c(c2)cc2n3C(c3cnc(C(C)(C)O)s3)Oc3cc(-c4cnc([C@@H]5CCCN5C(=O)[C@@H](NC(=O)OC)C(C)C)[nH]4)cc(F)c3-2)[nH]1)C1C[C@@H](C)O[C@@H](C)C1. The minimum absolute atomic E-state index is 0.0647. The van der Waals surface area contributed by atoms with Crippen LogP contribution in [0.3, 0.4) is 0 Å². The third kappa shape index (κ3) is 9.60. The Hall–Kier alpha value is -6.84. The number of halogens is 1. The van der Waals surface area contributed by atoms with Crippen LogP contribution in [0.25, 0.3) is 44.7 Å². The molecule has 3 saturated heterocycles. The van der Waals surface area contributed by atoms with Gasteiger partial charge in [-0.3, -0.25) is 14.2 Å². The van der Waals surface area contributed by atoms with Gasteiger partial charge in [-0.1, -0.05) is 19.9 Å². The molecule has 0 saturated carbocycles. The Morgan fingerprint density at radius 2 is 1.46 bits per heavy atom. The van der Waals surface area contributed by atoms with Crippen molar-refractivity contribution in [1.29, 1.82) is 0 Å². The molecular formula is C53H63FN10O9S. The van der Waals surface area contributed by atoms with Crippen molar-refractivity contribution in [3.05, 3.63) is 82.3 Å². The second-order valence-corrected chi connectivity index (χ2v) is 21.9. The number of alkyl carbamates (subject to hydrolysis) is 2. The number of nitrogens with one attached hydrogen (secondary N) is 4. The third-order valence-electron chi connectivity index (χ3n) is 14.8. The average Bonchev–Trinajstić information content (AvgIpc) is 4.23. The molecule has 0 radical (unpaired) electrons. The van der Waals surface area contributed by atoms with Crippen LogP contribution in [0.15, 0.2) is 55.0 Å². The predicted molar refractivity (Wildman–Crippen MR) is 272 cm³/mol. The van der Waals surface area contributed by atoms with E-state index in [0.29, 0.717) is 83.0 Å². The molecule has 0 spiro atoms. The van der Waals surface area contributed by atoms with Gasteiger partial charge in [-0.2, -0.15) is 0 Å². The first-order valence-corrected chi connectivity index (χ1v) is 26.1. The third-order valence-corrected chi connectivity index (χ3v) is 16.1. The minimum Gasteiger partial charge on any atom is -0.464 e. The first-order valence-electron chi connectivity index (χ1n) is 25.3. The number of aromatic nitrogens is 6. The number of H-pyrrole nitrogens is 2. The maximum Gasteiger partial charge on any atom is 0.407 e. The number of hydrogen-bond donors (Lipinski definition) is 5. The summed E-state index contributed by atoms with van der Waals surface area (Å²) in [5, 5.41) is 17.8. The lowest BCUT2D eigenvalue weighted by Crippen LogP contribution is -2.54. The van der Waals surface area contributed by atoms with Gasteiger partial charge in [0, 0.05) is 35.8 Å². The van der Waals surface area contributed by atoms with Gasteiger partial charge < -0.3 is 54.5 Å². The van der Waals surface area contributed by atoms with Gasteiger partial charge in [0.2, 0.25) is 18.0 Å². The maximum absolute atomic E-state index is 17.0. The van der Waals surface area contributed by atoms with E-state index in [0.717, 1.165) is 35.0 Å². The van der Waals surface area contributed by atoms with Gasteiger partial charge in [-0.15, -0.1) is 11.3 Å². The molecule has 392 valence electrons. The molecule has 0 bridgehead atoms. The number of carbonyl (C=O) groups excluding carboxylic acids is 4. The Bertz CT molecular complexity index is 3090. The van der Waals surface area contributed by atoms with Crippen LogP contribution in [0.1, 0.15) is 120 Å². The number of methoxy groups -OCH3 is 2. The zero-order valence-electron chi connectivity index (χ0n) is 42.7. The van der Waals surface area contributed by atoms with Crippen molar-refractivity contribution in [2.45, 2.75) is 128 Å². The number of benzene rings is 2. The van der Waals surface area contributed by atoms with Crippen molar-refractivity contribution in [3.63, 3.8) is 0 Å². The van der Waals surface area contributed by atoms with E-state index in [1.807, 2.05) is 61.4 Å². The number of nitrogens with zero attached hydrogens (tertiary/aromatic N) is 6. The van der Waals surface area contributed by atoms with E-state index in [1.165, 1.54) is 31.6 Å². The molecule has 4 amide bonds. The summed E-state index contributed by atoms with van der Waals surface area (Å²) >= 11 is 1.31. The number of fused-ring (bicyclic) bond motifs is 5. The molecular weight excluding hydrogens is 972 g/mol. The molecule has 8 atom stereocenters. The van der Waals surface area contributed by atoms with Crippen LogP contribution in [0.5, 0.6) is 5.75 Å². The van der Waals surface area contributed by atoms with Crippen LogP contribution < -0.4 is 15.4 Å². The summed E-state index contributed by atoms with van der Waals surface area (Å²) in [6.07, 6.45) is 6.88. The molecule has 3 fully saturated rings. The summed E-state index contributed by atoms with van der Waals surface area (Å²) in [5.41, 5.74) is 2.94. The fourth-order valence-corrected chi connectivity index (χ4v) is 12.2. The van der Waals surface area contributed by atoms with Gasteiger partial charge in [-0.05, 0) is 108 Å². The Balaban J connectivity index is 0.960. The van der Waals surface area contributed by atoms with Crippen LogP contribution in [0.4, 0.5) is 14.0 Å². The second-order valence-electron chi connectivity index (χ2n) is 20.8. The maximum atomic E-state index is 17.0. The Kier molecular flexibility index (Phi) is 13.8. The highest BCUT2D eigenvalue weighted by Crippen LogP contribution is 2.49. The molecule has 19 nitrogen and oxygen atoms in total. The normalized spacial score (nSPS) is 22.5. The fourth-order valence-electron chi connectivity index (χ4n) is 11.3. The van der Waals surface area contributed by atoms with Crippen LogP contribution in [-0.2, 0) is 29.4 Å². The summed E-state index contributed by atoms with van der Waals surface area (Å²) < 4.78 is 41.5. The quantitative estimate of drug-likeness (QED) is 0.0777. The monoisotopic (exact) mass is 1030 g/mol. The zero-order chi connectivity index (χ0) is 52.3. The molecule has 4 aromatic heterocycles. The van der Waals surface area contributed by atoms with E-state index >= 15 is 4.39 Å². The molecule has 74 heavy (non-hydrogen) atoms. The number of ether oxygens (including phenoxy) is 4. The number of rotatable bonds is 12. The number of likely N-dealkylation sites (tertiary alicyclic amines) is 2. The topological polar surface area (TPSA) is 231 Å². The Labute approximate surface area is 431 Å². The standard InChI is InChI=1S/C53H63FN10O9S/c1-26(2)43(60-51(67)70-7)47(65)62-15-9-11-37(62)46-56-24-35(59-46)30-20-33(54)42-39-21-31-19-29(13-14-36(31)64(39)49(73-40(42)22-30)41-25-57-50(74-41)53(5,6)69)34-23-55-45(58-34)38-12-10-16-63(38)48(66)44(61-52(68)71-8)32-17-27(3)72-28(4)18-32/h13-14,19-28,32,37-38,43-44,49,69H,9-12,15-18H2,1-8H3,(H,55,58)(H,56,59)(H,60,67)(H,61,68)/t27-,28+,32?,37-,38-,43-,44?,49?/m0/s1. The first kappa shape index (κ1) is 50.7. The van der Waals surface area contributed by atoms with E-state index in [1.54, 1.807) is 43.4 Å². The van der Waals surface area contributed by atoms with Crippen molar-refractivity contribution in [2.24, 2.45) is 11.8 Å². The van der Waals surface area contributed by atoms with Crippen LogP contribution in [0.2, 0.25) is 0 Å². The van der Waals surface area contributed by atoms with Gasteiger partial charge in [0.1, 0.15) is 45.9 Å². The zero-order valence-corrected chi connectivity index (χ0v) is 43.5. The van der Waals surface area contributed by atoms with Crippen molar-refractivity contribution in [2.75, 3.05) is 27.3 Å². The average molecular weight is 1040 g/mol. The molecule has 8 heterocycles. The second kappa shape index (κ2) is 20.1. The lowest BCUT2D eigenvalue weighted by molar-refractivity contribution is -0.138. The number of imidazole rings is 2. The molecule has 4 aliphatic heterocycles. The van der Waals surface area contributed by atoms with Crippen molar-refractivity contribution < 1.29 is 47.6 Å². The van der Waals surface area contributed by atoms with Gasteiger partial charge >= 0.3 is 12.2 Å². The van der Waals surface area contributed by atoms with Crippen LogP contribution in [0, 0.1) is 17.7 Å². The molecule has 21 heteroatoms. The summed E-state index contributed by atoms with van der Waals surface area (Å²) in [6, 6.07) is 8.78. The highest BCUT2D eigenvalue weighted by Gasteiger charge is 2.43. The Morgan fingerprint density at radius 3 is 2.07 bits per heavy atom. The summed E-state index contributed by atoms with van der Waals surface area (Å²) in [5.74, 6) is 0.186. The summed E-state index contributed by atoms with van der Waals surface area (Å²) in [7, 11) is 2.55. The van der Waals surface area contributed by atoms with Crippen molar-refractivity contribution in [3.8, 4) is 39.5 Å². The number of amides is 4. The van der Waals surface area contributed by atoms with E-state index in [9.17, 15) is 24.3 Å². The number of thiazole rings is 1. The molecule has 6 aromatic rings. The van der Waals surface area contributed by atoms with Crippen molar-refractivity contribution in [1.82, 2.24) is 49.9 Å². The summed E-state index contributed by atoms with van der Waals surface area (Å²) in [4.78, 5) is 78.2. The van der Waals surface area contributed by atoms with Gasteiger partial charge in [0.05, 0.1) is 83.9 Å². The predicted octanol–water partition coefficient (Wildman–Crippen LogP) is 8.49. The number of carbonyl (C=O) groups is 4. The first-order chi connectivity index (χ1) is 35.4. The van der Waals surface area contributed by atoms with E-state index in [4.69, 9.17) is 23.9 Å². The number of aromatic amines is 2.